The molecule has 0 atom stereocenters. The van der Waals surface area contributed by atoms with Crippen LogP contribution in [0.25, 0.3) is 10.2 Å². The quantitative estimate of drug-likeness (QED) is 0.365. The number of piperazine rings is 1. The van der Waals surface area contributed by atoms with Crippen LogP contribution in [0.15, 0.2) is 52.3 Å². The van der Waals surface area contributed by atoms with Gasteiger partial charge in [0.05, 0.1) is 20.9 Å². The summed E-state index contributed by atoms with van der Waals surface area (Å²) in [5.41, 5.74) is 1.03. The summed E-state index contributed by atoms with van der Waals surface area (Å²) in [7, 11) is -3.52. The van der Waals surface area contributed by atoms with Crippen molar-refractivity contribution in [3.8, 4) is 0 Å². The molecule has 1 aliphatic rings. The molecule has 0 spiro atoms. The largest absolute Gasteiger partial charge is 0.345 e. The molecule has 1 amide bonds. The Morgan fingerprint density at radius 3 is 2.53 bits per heavy atom. The third-order valence-corrected chi connectivity index (χ3v) is 9.14. The van der Waals surface area contributed by atoms with Crippen LogP contribution in [0.5, 0.6) is 0 Å². The fourth-order valence-electron chi connectivity index (χ4n) is 3.69. The van der Waals surface area contributed by atoms with Gasteiger partial charge >= 0.3 is 0 Å². The molecule has 4 rings (SSSR count). The van der Waals surface area contributed by atoms with Crippen LogP contribution < -0.4 is 4.90 Å². The number of carbonyl (C=O) groups excluding carboxylic acids is 1. The second kappa shape index (κ2) is 9.76. The van der Waals surface area contributed by atoms with E-state index >= 15 is 0 Å². The minimum absolute atomic E-state index is 0.0343. The molecule has 0 saturated carbocycles. The summed E-state index contributed by atoms with van der Waals surface area (Å²) in [6.45, 7) is 2.59. The zero-order valence-electron chi connectivity index (χ0n) is 17.7. The van der Waals surface area contributed by atoms with Gasteiger partial charge in [0.25, 0.3) is 0 Å². The van der Waals surface area contributed by atoms with E-state index in [0.717, 1.165) is 32.4 Å². The number of rotatable bonds is 7. The fraction of sp³-hybridized carbons (Fsp3) is 0.364. The maximum Gasteiger partial charge on any atom is 0.222 e. The van der Waals surface area contributed by atoms with Crippen molar-refractivity contribution >= 4 is 54.2 Å². The van der Waals surface area contributed by atoms with Gasteiger partial charge in [0.15, 0.2) is 15.0 Å². The normalized spacial score (nSPS) is 14.8. The van der Waals surface area contributed by atoms with E-state index < -0.39 is 15.7 Å². The Balaban J connectivity index is 1.29. The van der Waals surface area contributed by atoms with Crippen LogP contribution in [0, 0.1) is 5.82 Å². The van der Waals surface area contributed by atoms with Gasteiger partial charge < -0.3 is 9.80 Å². The lowest BCUT2D eigenvalue weighted by Gasteiger charge is -2.34. The van der Waals surface area contributed by atoms with Gasteiger partial charge in [0.2, 0.25) is 5.91 Å². The second-order valence-corrected chi connectivity index (χ2v) is 11.5. The van der Waals surface area contributed by atoms with Crippen molar-refractivity contribution in [3.05, 3.63) is 48.3 Å². The van der Waals surface area contributed by atoms with Crippen molar-refractivity contribution in [2.75, 3.05) is 43.1 Å². The molecule has 32 heavy (non-hydrogen) atoms. The zero-order chi connectivity index (χ0) is 22.7. The first kappa shape index (κ1) is 23.0. The van der Waals surface area contributed by atoms with Crippen LogP contribution in [0.1, 0.15) is 12.8 Å². The molecule has 0 bridgehead atoms. The molecule has 0 unspecified atom stereocenters. The Labute approximate surface area is 195 Å². The first-order valence-corrected chi connectivity index (χ1v) is 14.0. The van der Waals surface area contributed by atoms with E-state index in [0.29, 0.717) is 26.2 Å². The van der Waals surface area contributed by atoms with Crippen molar-refractivity contribution in [3.63, 3.8) is 0 Å². The summed E-state index contributed by atoms with van der Waals surface area (Å²) in [4.78, 5) is 22.6. The summed E-state index contributed by atoms with van der Waals surface area (Å²) in [5.74, 6) is -0.643. The van der Waals surface area contributed by atoms with Crippen molar-refractivity contribution in [1.29, 1.82) is 0 Å². The van der Waals surface area contributed by atoms with Crippen molar-refractivity contribution < 1.29 is 17.6 Å². The molecule has 1 fully saturated rings. The lowest BCUT2D eigenvalue weighted by atomic mass is 10.2. The van der Waals surface area contributed by atoms with Gasteiger partial charge in [-0.25, -0.2) is 17.8 Å². The molecule has 1 saturated heterocycles. The number of anilines is 1. The highest BCUT2D eigenvalue weighted by atomic mass is 32.2. The first-order valence-electron chi connectivity index (χ1n) is 10.3. The van der Waals surface area contributed by atoms with Crippen LogP contribution in [0.4, 0.5) is 9.52 Å². The van der Waals surface area contributed by atoms with E-state index in [2.05, 4.69) is 17.0 Å². The molecule has 2 heterocycles. The average Bonchev–Trinajstić information content (AvgIpc) is 3.24. The Morgan fingerprint density at radius 1 is 1.12 bits per heavy atom. The third kappa shape index (κ3) is 5.07. The molecule has 6 nitrogen and oxygen atoms in total. The Bertz CT molecular complexity index is 1200. The van der Waals surface area contributed by atoms with Gasteiger partial charge in [-0.05, 0) is 49.1 Å². The van der Waals surface area contributed by atoms with E-state index in [4.69, 9.17) is 4.98 Å². The maximum absolute atomic E-state index is 13.0. The monoisotopic (exact) mass is 493 g/mol. The number of para-hydroxylation sites is 1. The number of sulfone groups is 1. The van der Waals surface area contributed by atoms with E-state index in [-0.39, 0.29) is 29.4 Å². The number of hydrogen-bond donors (Lipinski definition) is 0. The highest BCUT2D eigenvalue weighted by Crippen LogP contribution is 2.34. The summed E-state index contributed by atoms with van der Waals surface area (Å²) in [5, 5.41) is 0.971. The lowest BCUT2D eigenvalue weighted by Crippen LogP contribution is -2.48. The van der Waals surface area contributed by atoms with Crippen LogP contribution >= 0.6 is 23.1 Å². The molecule has 0 radical (unpaired) electrons. The Hall–Kier alpha value is -2.17. The number of carbonyl (C=O) groups is 1. The molecule has 170 valence electrons. The topological polar surface area (TPSA) is 70.6 Å². The summed E-state index contributed by atoms with van der Waals surface area (Å²) in [6, 6.07) is 11.0. The van der Waals surface area contributed by atoms with E-state index in [1.54, 1.807) is 28.0 Å². The summed E-state index contributed by atoms with van der Waals surface area (Å²) < 4.78 is 38.9. The lowest BCUT2D eigenvalue weighted by molar-refractivity contribution is -0.131. The molecule has 0 aliphatic carbocycles. The van der Waals surface area contributed by atoms with E-state index in [9.17, 15) is 17.6 Å². The minimum Gasteiger partial charge on any atom is -0.345 e. The number of benzene rings is 2. The number of thiazole rings is 1. The van der Waals surface area contributed by atoms with Crippen molar-refractivity contribution in [2.45, 2.75) is 22.6 Å². The zero-order valence-corrected chi connectivity index (χ0v) is 20.1. The van der Waals surface area contributed by atoms with E-state index in [1.807, 2.05) is 12.3 Å². The van der Waals surface area contributed by atoms with Gasteiger partial charge in [-0.1, -0.05) is 17.4 Å². The van der Waals surface area contributed by atoms with Crippen molar-refractivity contribution in [1.82, 2.24) is 9.88 Å². The second-order valence-electron chi connectivity index (χ2n) is 7.55. The third-order valence-electron chi connectivity index (χ3n) is 5.47. The summed E-state index contributed by atoms with van der Waals surface area (Å²) >= 11 is 3.35. The van der Waals surface area contributed by atoms with Gasteiger partial charge in [0.1, 0.15) is 5.82 Å². The van der Waals surface area contributed by atoms with Crippen molar-refractivity contribution in [2.24, 2.45) is 0 Å². The number of thioether (sulfide) groups is 1. The number of nitrogens with zero attached hydrogens (tertiary/aromatic N) is 3. The molecule has 3 aromatic rings. The van der Waals surface area contributed by atoms with Crippen LogP contribution in [0.3, 0.4) is 0 Å². The van der Waals surface area contributed by atoms with Gasteiger partial charge in [0, 0.05) is 37.5 Å². The number of fused-ring (bicyclic) bond motifs is 1. The Morgan fingerprint density at radius 2 is 1.84 bits per heavy atom. The highest BCUT2D eigenvalue weighted by molar-refractivity contribution is 7.98. The van der Waals surface area contributed by atoms with Gasteiger partial charge in [-0.2, -0.15) is 0 Å². The molecule has 0 N–H and O–H groups in total. The number of amides is 1. The van der Waals surface area contributed by atoms with Crippen LogP contribution in [0.2, 0.25) is 0 Å². The molecule has 10 heteroatoms. The standard InChI is InChI=1S/C22H24FN3O3S3/c1-30-18-4-2-5-19-21(18)24-22(31-19)26-13-11-25(12-14-26)20(27)6-3-15-32(28,29)17-9-7-16(23)8-10-17/h2,4-5,7-10H,3,6,11-15H2,1H3. The average molecular weight is 494 g/mol. The van der Waals surface area contributed by atoms with Gasteiger partial charge in [-0.3, -0.25) is 4.79 Å². The minimum atomic E-state index is -3.52. The van der Waals surface area contributed by atoms with Gasteiger partial charge in [-0.15, -0.1) is 11.8 Å². The van der Waals surface area contributed by atoms with E-state index in [1.165, 1.54) is 12.1 Å². The molecular formula is C22H24FN3O3S3. The summed E-state index contributed by atoms with van der Waals surface area (Å²) in [6.07, 6.45) is 2.47. The number of aromatic nitrogens is 1. The predicted octanol–water partition coefficient (Wildman–Crippen LogP) is 4.06. The molecule has 1 aliphatic heterocycles. The molecule has 1 aromatic heterocycles. The van der Waals surface area contributed by atoms with Crippen LogP contribution in [-0.4, -0.2) is 62.4 Å². The smallest absolute Gasteiger partial charge is 0.222 e. The van der Waals surface area contributed by atoms with Crippen LogP contribution in [-0.2, 0) is 14.6 Å². The highest BCUT2D eigenvalue weighted by Gasteiger charge is 2.24. The maximum atomic E-state index is 13.0. The molecular weight excluding hydrogens is 469 g/mol. The predicted molar refractivity (Wildman–Crippen MR) is 128 cm³/mol. The molecule has 2 aromatic carbocycles. The number of hydrogen-bond acceptors (Lipinski definition) is 7. The number of halogens is 1. The Kier molecular flexibility index (Phi) is 7.02. The fourth-order valence-corrected chi connectivity index (χ4v) is 6.67. The first-order chi connectivity index (χ1) is 15.4. The SMILES string of the molecule is CSc1cccc2sc(N3CCN(C(=O)CCCS(=O)(=O)c4ccc(F)cc4)CC3)nc12.